The van der Waals surface area contributed by atoms with Gasteiger partial charge in [-0.3, -0.25) is 4.79 Å². The van der Waals surface area contributed by atoms with E-state index in [9.17, 15) is 4.79 Å². The molecule has 0 saturated carbocycles. The minimum absolute atomic E-state index is 0.0570. The van der Waals surface area contributed by atoms with Gasteiger partial charge in [-0.1, -0.05) is 71.7 Å². The van der Waals surface area contributed by atoms with Crippen molar-refractivity contribution in [1.29, 1.82) is 0 Å². The minimum atomic E-state index is -0.237. The van der Waals surface area contributed by atoms with Gasteiger partial charge in [0.15, 0.2) is 5.76 Å². The Labute approximate surface area is 165 Å². The van der Waals surface area contributed by atoms with E-state index in [0.717, 1.165) is 5.56 Å². The Hall–Kier alpha value is -2.75. The molecule has 3 nitrogen and oxygen atoms in total. The van der Waals surface area contributed by atoms with Crippen LogP contribution in [0.4, 0.5) is 0 Å². The number of hydrogen-bond acceptors (Lipinski definition) is 3. The third-order valence-corrected chi connectivity index (χ3v) is 4.92. The van der Waals surface area contributed by atoms with E-state index in [4.69, 9.17) is 32.4 Å². The lowest BCUT2D eigenvalue weighted by atomic mass is 10.1. The van der Waals surface area contributed by atoms with Gasteiger partial charge in [0.2, 0.25) is 11.2 Å². The van der Waals surface area contributed by atoms with Gasteiger partial charge in [0, 0.05) is 21.2 Å². The van der Waals surface area contributed by atoms with Gasteiger partial charge >= 0.3 is 0 Å². The maximum absolute atomic E-state index is 13.1. The van der Waals surface area contributed by atoms with Crippen molar-refractivity contribution in [2.75, 3.05) is 0 Å². The molecule has 1 aromatic heterocycles. The number of rotatable bonds is 4. The van der Waals surface area contributed by atoms with Gasteiger partial charge in [0.05, 0.1) is 5.39 Å². The van der Waals surface area contributed by atoms with Crippen molar-refractivity contribution >= 4 is 34.2 Å². The molecule has 0 fully saturated rings. The van der Waals surface area contributed by atoms with Crippen LogP contribution in [0.1, 0.15) is 5.56 Å². The lowest BCUT2D eigenvalue weighted by molar-refractivity contribution is 0.298. The molecule has 4 aromatic rings. The quantitative estimate of drug-likeness (QED) is 0.403. The first-order valence-electron chi connectivity index (χ1n) is 8.32. The van der Waals surface area contributed by atoms with Crippen LogP contribution in [-0.4, -0.2) is 0 Å². The average molecular weight is 397 g/mol. The SMILES string of the molecule is O=c1c(OCc2c(Cl)cccc2Cl)c(-c2ccccc2)oc2ccccc12. The van der Waals surface area contributed by atoms with Crippen LogP contribution in [0.2, 0.25) is 10.0 Å². The lowest BCUT2D eigenvalue weighted by Crippen LogP contribution is -2.10. The molecular formula is C22H14Cl2O3. The second-order valence-electron chi connectivity index (χ2n) is 5.94. The first-order valence-corrected chi connectivity index (χ1v) is 9.07. The molecule has 0 amide bonds. The summed E-state index contributed by atoms with van der Waals surface area (Å²) in [5.41, 5.74) is 1.64. The van der Waals surface area contributed by atoms with E-state index >= 15 is 0 Å². The van der Waals surface area contributed by atoms with Gasteiger partial charge in [0.1, 0.15) is 12.2 Å². The molecular weight excluding hydrogens is 383 g/mol. The third-order valence-electron chi connectivity index (χ3n) is 4.21. The van der Waals surface area contributed by atoms with Crippen LogP contribution < -0.4 is 10.2 Å². The summed E-state index contributed by atoms with van der Waals surface area (Å²) in [6, 6.07) is 21.7. The molecule has 4 rings (SSSR count). The topological polar surface area (TPSA) is 39.4 Å². The van der Waals surface area contributed by atoms with E-state index in [1.165, 1.54) is 0 Å². The number of halogens is 2. The van der Waals surface area contributed by atoms with Crippen molar-refractivity contribution in [2.45, 2.75) is 6.61 Å². The number of fused-ring (bicyclic) bond motifs is 1. The van der Waals surface area contributed by atoms with Crippen molar-refractivity contribution < 1.29 is 9.15 Å². The second kappa shape index (κ2) is 7.47. The van der Waals surface area contributed by atoms with Gasteiger partial charge in [-0.15, -0.1) is 0 Å². The zero-order valence-corrected chi connectivity index (χ0v) is 15.6. The molecule has 27 heavy (non-hydrogen) atoms. The van der Waals surface area contributed by atoms with E-state index in [0.29, 0.717) is 32.3 Å². The standard InChI is InChI=1S/C22H14Cl2O3/c23-17-10-6-11-18(24)16(17)13-26-22-20(25)15-9-4-5-12-19(15)27-21(22)14-7-2-1-3-8-14/h1-12H,13H2. The van der Waals surface area contributed by atoms with E-state index in [-0.39, 0.29) is 17.8 Å². The van der Waals surface area contributed by atoms with Gasteiger partial charge in [0.25, 0.3) is 0 Å². The van der Waals surface area contributed by atoms with Gasteiger partial charge < -0.3 is 9.15 Å². The third kappa shape index (κ3) is 3.44. The fourth-order valence-electron chi connectivity index (χ4n) is 2.85. The predicted molar refractivity (Wildman–Crippen MR) is 109 cm³/mol. The monoisotopic (exact) mass is 396 g/mol. The number of benzene rings is 3. The van der Waals surface area contributed by atoms with Crippen molar-refractivity contribution in [3.05, 3.63) is 98.6 Å². The summed E-state index contributed by atoms with van der Waals surface area (Å²) in [5.74, 6) is 0.512. The highest BCUT2D eigenvalue weighted by molar-refractivity contribution is 6.35. The maximum Gasteiger partial charge on any atom is 0.235 e. The van der Waals surface area contributed by atoms with Crippen LogP contribution in [0.5, 0.6) is 5.75 Å². The molecule has 0 N–H and O–H groups in total. The van der Waals surface area contributed by atoms with Crippen LogP contribution in [0, 0.1) is 0 Å². The molecule has 0 aliphatic carbocycles. The minimum Gasteiger partial charge on any atom is -0.481 e. The number of ether oxygens (including phenoxy) is 1. The normalized spacial score (nSPS) is 10.9. The van der Waals surface area contributed by atoms with Crippen molar-refractivity contribution in [1.82, 2.24) is 0 Å². The van der Waals surface area contributed by atoms with E-state index in [2.05, 4.69) is 0 Å². The molecule has 0 saturated heterocycles. The highest BCUT2D eigenvalue weighted by Crippen LogP contribution is 2.32. The predicted octanol–water partition coefficient (Wildman–Crippen LogP) is 6.35. The summed E-state index contributed by atoms with van der Waals surface area (Å²) in [4.78, 5) is 13.1. The summed E-state index contributed by atoms with van der Waals surface area (Å²) >= 11 is 12.4. The highest BCUT2D eigenvalue weighted by atomic mass is 35.5. The number of para-hydroxylation sites is 1. The summed E-state index contributed by atoms with van der Waals surface area (Å²) in [6.45, 7) is 0.0570. The van der Waals surface area contributed by atoms with E-state index in [1.807, 2.05) is 36.4 Å². The Balaban J connectivity index is 1.85. The molecule has 0 unspecified atom stereocenters. The van der Waals surface area contributed by atoms with Crippen molar-refractivity contribution in [3.8, 4) is 17.1 Å². The molecule has 0 aliphatic heterocycles. The molecule has 134 valence electrons. The van der Waals surface area contributed by atoms with Gasteiger partial charge in [-0.05, 0) is 24.3 Å². The molecule has 0 atom stereocenters. The smallest absolute Gasteiger partial charge is 0.235 e. The Morgan fingerprint density at radius 3 is 2.22 bits per heavy atom. The molecule has 3 aromatic carbocycles. The molecule has 0 spiro atoms. The Kier molecular flexibility index (Phi) is 4.88. The molecule has 0 aliphatic rings. The Morgan fingerprint density at radius 1 is 0.815 bits per heavy atom. The average Bonchev–Trinajstić information content (AvgIpc) is 2.69. The lowest BCUT2D eigenvalue weighted by Gasteiger charge is -2.13. The second-order valence-corrected chi connectivity index (χ2v) is 6.75. The fourth-order valence-corrected chi connectivity index (χ4v) is 3.36. The van der Waals surface area contributed by atoms with Crippen LogP contribution in [-0.2, 0) is 6.61 Å². The van der Waals surface area contributed by atoms with Crippen molar-refractivity contribution in [2.24, 2.45) is 0 Å². The Morgan fingerprint density at radius 2 is 1.48 bits per heavy atom. The molecule has 5 heteroatoms. The van der Waals surface area contributed by atoms with Gasteiger partial charge in [-0.25, -0.2) is 0 Å². The molecule has 1 heterocycles. The summed E-state index contributed by atoms with van der Waals surface area (Å²) in [5, 5.41) is 1.42. The summed E-state index contributed by atoms with van der Waals surface area (Å²) in [7, 11) is 0. The van der Waals surface area contributed by atoms with Crippen LogP contribution in [0.3, 0.4) is 0 Å². The Bertz CT molecular complexity index is 1150. The number of hydrogen-bond donors (Lipinski definition) is 0. The molecule has 0 bridgehead atoms. The van der Waals surface area contributed by atoms with E-state index < -0.39 is 0 Å². The van der Waals surface area contributed by atoms with Crippen LogP contribution in [0.15, 0.2) is 82.0 Å². The zero-order chi connectivity index (χ0) is 18.8. The maximum atomic E-state index is 13.1. The van der Waals surface area contributed by atoms with Crippen LogP contribution >= 0.6 is 23.2 Å². The van der Waals surface area contributed by atoms with E-state index in [1.54, 1.807) is 36.4 Å². The fraction of sp³-hybridized carbons (Fsp3) is 0.0455. The van der Waals surface area contributed by atoms with Crippen molar-refractivity contribution in [3.63, 3.8) is 0 Å². The zero-order valence-electron chi connectivity index (χ0n) is 14.1. The molecule has 0 radical (unpaired) electrons. The summed E-state index contributed by atoms with van der Waals surface area (Å²) in [6.07, 6.45) is 0. The first-order chi connectivity index (χ1) is 13.1. The first kappa shape index (κ1) is 17.7. The summed E-state index contributed by atoms with van der Waals surface area (Å²) < 4.78 is 11.9. The highest BCUT2D eigenvalue weighted by Gasteiger charge is 2.18. The largest absolute Gasteiger partial charge is 0.481 e. The van der Waals surface area contributed by atoms with Crippen LogP contribution in [0.25, 0.3) is 22.3 Å². The van der Waals surface area contributed by atoms with Gasteiger partial charge in [-0.2, -0.15) is 0 Å².